The lowest BCUT2D eigenvalue weighted by Gasteiger charge is -2.25. The number of ether oxygens (including phenoxy) is 2. The summed E-state index contributed by atoms with van der Waals surface area (Å²) in [5.41, 5.74) is 0.573. The topological polar surface area (TPSA) is 61.6 Å². The van der Waals surface area contributed by atoms with Crippen LogP contribution in [0.5, 0.6) is 0 Å². The van der Waals surface area contributed by atoms with E-state index in [1.165, 1.54) is 6.07 Å². The van der Waals surface area contributed by atoms with Gasteiger partial charge in [0, 0.05) is 6.07 Å². The zero-order chi connectivity index (χ0) is 14.0. The summed E-state index contributed by atoms with van der Waals surface area (Å²) in [5, 5.41) is 11.1. The molecule has 0 unspecified atom stereocenters. The molecule has 0 amide bonds. The first-order chi connectivity index (χ1) is 9.03. The fourth-order valence-corrected chi connectivity index (χ4v) is 2.41. The highest BCUT2D eigenvalue weighted by Gasteiger charge is 2.45. The second kappa shape index (κ2) is 5.27. The molecule has 1 heterocycles. The van der Waals surface area contributed by atoms with E-state index in [0.29, 0.717) is 18.4 Å². The monoisotopic (exact) mass is 264 g/mol. The van der Waals surface area contributed by atoms with Crippen molar-refractivity contribution in [1.82, 2.24) is 0 Å². The van der Waals surface area contributed by atoms with Crippen molar-refractivity contribution in [1.29, 1.82) is 0 Å². The fourth-order valence-electron chi connectivity index (χ4n) is 2.41. The van der Waals surface area contributed by atoms with Gasteiger partial charge in [0.2, 0.25) is 0 Å². The Hall–Kier alpha value is -1.46. The molecule has 0 bridgehead atoms. The summed E-state index contributed by atoms with van der Waals surface area (Å²) in [6.07, 6.45) is 0.432. The molecule has 2 atom stereocenters. The first-order valence-corrected chi connectivity index (χ1v) is 6.45. The third-order valence-electron chi connectivity index (χ3n) is 3.56. The van der Waals surface area contributed by atoms with E-state index in [4.69, 9.17) is 9.47 Å². The van der Waals surface area contributed by atoms with Crippen LogP contribution in [0.3, 0.4) is 0 Å². The van der Waals surface area contributed by atoms with E-state index in [1.54, 1.807) is 18.2 Å². The summed E-state index contributed by atoms with van der Waals surface area (Å²) in [6, 6.07) is 6.58. The highest BCUT2D eigenvalue weighted by molar-refractivity contribution is 5.42. The van der Waals surface area contributed by atoms with Gasteiger partial charge in [-0.2, -0.15) is 0 Å². The van der Waals surface area contributed by atoms with Gasteiger partial charge in [0.15, 0.2) is 5.79 Å². The first-order valence-electron chi connectivity index (χ1n) is 6.45. The lowest BCUT2D eigenvalue weighted by Crippen LogP contribution is -2.28. The van der Waals surface area contributed by atoms with Gasteiger partial charge in [0.05, 0.1) is 16.6 Å². The zero-order valence-corrected chi connectivity index (χ0v) is 11.2. The van der Waals surface area contributed by atoms with Gasteiger partial charge >= 0.3 is 0 Å². The van der Waals surface area contributed by atoms with Crippen molar-refractivity contribution in [2.45, 2.75) is 44.7 Å². The molecule has 103 valence electrons. The van der Waals surface area contributed by atoms with E-state index < -0.39 is 22.9 Å². The normalized spacial score (nSPS) is 25.4. The fraction of sp³-hybridized carbons (Fsp3) is 0.500. The van der Waals surface area contributed by atoms with Gasteiger partial charge in [0.1, 0.15) is 6.10 Å². The molecule has 0 aliphatic carbocycles. The molecule has 1 radical (unpaired) electrons. The van der Waals surface area contributed by atoms with Crippen LogP contribution in [0.2, 0.25) is 0 Å². The summed E-state index contributed by atoms with van der Waals surface area (Å²) in [6.45, 7) is 7.86. The molecule has 19 heavy (non-hydrogen) atoms. The third-order valence-corrected chi connectivity index (χ3v) is 3.56. The maximum absolute atomic E-state index is 11.1. The van der Waals surface area contributed by atoms with Gasteiger partial charge in [-0.3, -0.25) is 10.1 Å². The highest BCUT2D eigenvalue weighted by atomic mass is 16.8. The van der Waals surface area contributed by atoms with Crippen LogP contribution in [0.15, 0.2) is 24.3 Å². The van der Waals surface area contributed by atoms with Crippen LogP contribution in [0, 0.1) is 17.0 Å². The van der Waals surface area contributed by atoms with Crippen molar-refractivity contribution >= 4 is 5.69 Å². The Kier molecular flexibility index (Phi) is 3.87. The minimum atomic E-state index is -0.680. The highest BCUT2D eigenvalue weighted by Crippen LogP contribution is 2.43. The Morgan fingerprint density at radius 1 is 1.32 bits per heavy atom. The summed E-state index contributed by atoms with van der Waals surface area (Å²) in [5.74, 6) is -0.680. The van der Waals surface area contributed by atoms with Gasteiger partial charge < -0.3 is 9.47 Å². The van der Waals surface area contributed by atoms with E-state index in [9.17, 15) is 10.1 Å². The number of nitro groups is 1. The molecule has 1 aliphatic rings. The lowest BCUT2D eigenvalue weighted by atomic mass is 10.0. The van der Waals surface area contributed by atoms with Crippen LogP contribution in [0.1, 0.15) is 38.4 Å². The van der Waals surface area contributed by atoms with Crippen LogP contribution in [-0.4, -0.2) is 16.8 Å². The Morgan fingerprint density at radius 2 is 1.95 bits per heavy atom. The molecular weight excluding hydrogens is 246 g/mol. The number of nitrogens with zero attached hydrogens (tertiary/aromatic N) is 1. The average molecular weight is 264 g/mol. The van der Waals surface area contributed by atoms with Crippen molar-refractivity contribution in [3.63, 3.8) is 0 Å². The van der Waals surface area contributed by atoms with E-state index >= 15 is 0 Å². The zero-order valence-electron chi connectivity index (χ0n) is 11.2. The van der Waals surface area contributed by atoms with E-state index in [0.717, 1.165) is 0 Å². The van der Waals surface area contributed by atoms with Crippen LogP contribution in [0.25, 0.3) is 0 Å². The molecule has 5 nitrogen and oxygen atoms in total. The second-order valence-electron chi connectivity index (χ2n) is 4.63. The number of hydrogen-bond donors (Lipinski definition) is 0. The largest absolute Gasteiger partial charge is 0.344 e. The molecule has 1 aliphatic heterocycles. The molecule has 1 saturated heterocycles. The van der Waals surface area contributed by atoms with Crippen LogP contribution in [0.4, 0.5) is 5.69 Å². The maximum Gasteiger partial charge on any atom is 0.275 e. The molecular formula is C14H18NO4. The Labute approximate surface area is 112 Å². The average Bonchev–Trinajstić information content (AvgIpc) is 2.76. The number of benzene rings is 1. The Balaban J connectivity index is 2.36. The minimum absolute atomic E-state index is 0.0488. The molecule has 0 saturated carbocycles. The standard InChI is InChI=1S/C14H18NO4/c1-4-14(5-2)18-10(3)13(19-14)11-8-6-7-9-12(11)15(16)17/h6-10,13H,3-5H2,1-2H3/t10-,13+/m0/s1. The van der Waals surface area contributed by atoms with Crippen molar-refractivity contribution in [3.05, 3.63) is 46.9 Å². The predicted octanol–water partition coefficient (Wildman–Crippen LogP) is 3.40. The van der Waals surface area contributed by atoms with Crippen molar-refractivity contribution in [3.8, 4) is 0 Å². The van der Waals surface area contributed by atoms with Gasteiger partial charge in [-0.1, -0.05) is 26.0 Å². The van der Waals surface area contributed by atoms with Gasteiger partial charge in [-0.15, -0.1) is 0 Å². The summed E-state index contributed by atoms with van der Waals surface area (Å²) in [4.78, 5) is 10.7. The van der Waals surface area contributed by atoms with Crippen LogP contribution in [-0.2, 0) is 9.47 Å². The molecule has 0 aromatic heterocycles. The van der Waals surface area contributed by atoms with Crippen molar-refractivity contribution in [2.24, 2.45) is 0 Å². The molecule has 1 aromatic rings. The van der Waals surface area contributed by atoms with Crippen molar-refractivity contribution in [2.75, 3.05) is 0 Å². The lowest BCUT2D eigenvalue weighted by molar-refractivity contribution is -0.386. The van der Waals surface area contributed by atoms with Gasteiger partial charge in [0.25, 0.3) is 5.69 Å². The smallest absolute Gasteiger partial charge is 0.275 e. The molecule has 2 rings (SSSR count). The molecule has 0 spiro atoms. The number of hydrogen-bond acceptors (Lipinski definition) is 4. The summed E-state index contributed by atoms with van der Waals surface area (Å²) >= 11 is 0. The second-order valence-corrected chi connectivity index (χ2v) is 4.63. The Morgan fingerprint density at radius 3 is 2.47 bits per heavy atom. The van der Waals surface area contributed by atoms with Gasteiger partial charge in [-0.05, 0) is 25.8 Å². The predicted molar refractivity (Wildman–Crippen MR) is 70.5 cm³/mol. The van der Waals surface area contributed by atoms with Gasteiger partial charge in [-0.25, -0.2) is 0 Å². The van der Waals surface area contributed by atoms with E-state index in [1.807, 2.05) is 13.8 Å². The van der Waals surface area contributed by atoms with Crippen LogP contribution >= 0.6 is 0 Å². The van der Waals surface area contributed by atoms with Crippen LogP contribution < -0.4 is 0 Å². The summed E-state index contributed by atoms with van der Waals surface area (Å²) in [7, 11) is 0. The molecule has 5 heteroatoms. The first kappa shape index (κ1) is 14.0. The number of nitro benzene ring substituents is 1. The maximum atomic E-state index is 11.1. The number of rotatable bonds is 4. The molecule has 1 aromatic carbocycles. The van der Waals surface area contributed by atoms with E-state index in [2.05, 4.69) is 6.92 Å². The third kappa shape index (κ3) is 2.48. The SMILES string of the molecule is [CH2][C@@H]1OC(CC)(CC)O[C@H]1c1ccccc1[N+](=O)[O-]. The van der Waals surface area contributed by atoms with Crippen molar-refractivity contribution < 1.29 is 14.4 Å². The Bertz CT molecular complexity index is 470. The minimum Gasteiger partial charge on any atom is -0.344 e. The number of para-hydroxylation sites is 1. The van der Waals surface area contributed by atoms with E-state index in [-0.39, 0.29) is 5.69 Å². The summed E-state index contributed by atoms with van der Waals surface area (Å²) < 4.78 is 11.7. The molecule has 1 fully saturated rings. The quantitative estimate of drug-likeness (QED) is 0.617. The molecule has 0 N–H and O–H groups in total.